The van der Waals surface area contributed by atoms with Crippen molar-refractivity contribution >= 4 is 46.8 Å². The minimum atomic E-state index is -1.82. The Morgan fingerprint density at radius 3 is 2.77 bits per heavy atom. The molecule has 0 bridgehead atoms. The van der Waals surface area contributed by atoms with Gasteiger partial charge in [-0.3, -0.25) is 19.0 Å². The van der Waals surface area contributed by atoms with Crippen molar-refractivity contribution in [1.82, 2.24) is 14.5 Å². The number of nitrogens with zero attached hydrogens (tertiary/aromatic N) is 4. The molecule has 1 N–H and O–H groups in total. The van der Waals surface area contributed by atoms with Crippen molar-refractivity contribution in [2.45, 2.75) is 74.9 Å². The SMILES string of the molecule is C=NC(=O)C(C)(C)OC/C=C/[C@H](OC)[C@@H]1CC[C@H]1CN1C[C@@]2(CCCc3cc(Cl)ccc32)COc2ccc(S(=O)NC(=O)c3cn(C)nc3C)cc21. The minimum Gasteiger partial charge on any atom is -0.490 e. The topological polar surface area (TPSA) is 124 Å². The molecule has 1 unspecified atom stereocenters. The number of aryl methyl sites for hydroxylation is 3. The summed E-state index contributed by atoms with van der Waals surface area (Å²) in [6.45, 7) is 10.6. The first-order chi connectivity index (χ1) is 24.8. The summed E-state index contributed by atoms with van der Waals surface area (Å²) in [6.07, 6.45) is 10.4. The number of hydrogen-bond acceptors (Lipinski definition) is 8. The van der Waals surface area contributed by atoms with Gasteiger partial charge in [-0.25, -0.2) is 9.20 Å². The van der Waals surface area contributed by atoms with Crippen molar-refractivity contribution in [3.63, 3.8) is 0 Å². The van der Waals surface area contributed by atoms with Crippen LogP contribution >= 0.6 is 11.6 Å². The van der Waals surface area contributed by atoms with Crippen LogP contribution in [-0.4, -0.2) is 77.6 Å². The standard InChI is InChI=1S/C39H48ClN5O6S/c1-25-31(22-44(5)42-25)36(46)43-52(48)29-13-16-35-33(20-29)45(23-39(24-50-35)17-7-9-26-19-28(40)12-15-32(26)39)21-27-11-14-30(27)34(49-6)10-8-18-51-38(2,3)37(47)41-4/h8,10,12-13,15-16,19-20,22,27,30,34H,4,7,9,11,14,17-18,21,23-24H2,1-3,5-6H3,(H,43,46)/b10-8+/t27-,30+,34-,39-,52?/m0/s1. The van der Waals surface area contributed by atoms with Gasteiger partial charge in [-0.1, -0.05) is 29.8 Å². The van der Waals surface area contributed by atoms with Crippen molar-refractivity contribution in [3.8, 4) is 5.75 Å². The average Bonchev–Trinajstić information content (AvgIpc) is 3.38. The number of anilines is 1. The van der Waals surface area contributed by atoms with E-state index in [-0.39, 0.29) is 24.0 Å². The van der Waals surface area contributed by atoms with Crippen molar-refractivity contribution in [3.05, 3.63) is 82.2 Å². The number of carbonyl (C=O) groups is 2. The van der Waals surface area contributed by atoms with E-state index in [1.807, 2.05) is 30.4 Å². The lowest BCUT2D eigenvalue weighted by atomic mass is 9.68. The van der Waals surface area contributed by atoms with Crippen LogP contribution in [0.3, 0.4) is 0 Å². The number of halogens is 1. The van der Waals surface area contributed by atoms with Crippen LogP contribution in [0.4, 0.5) is 5.69 Å². The summed E-state index contributed by atoms with van der Waals surface area (Å²) in [4.78, 5) is 31.5. The van der Waals surface area contributed by atoms with Gasteiger partial charge in [0.25, 0.3) is 11.8 Å². The van der Waals surface area contributed by atoms with E-state index < -0.39 is 28.4 Å². The number of aliphatic imine (C=N–C) groups is 1. The highest BCUT2D eigenvalue weighted by atomic mass is 35.5. The molecule has 3 aliphatic rings. The quantitative estimate of drug-likeness (QED) is 0.179. The maximum atomic E-state index is 13.6. The van der Waals surface area contributed by atoms with E-state index >= 15 is 0 Å². The zero-order valence-corrected chi connectivity index (χ0v) is 32.1. The van der Waals surface area contributed by atoms with Gasteiger partial charge < -0.3 is 19.1 Å². The van der Waals surface area contributed by atoms with E-state index in [1.54, 1.807) is 51.9 Å². The molecular weight excluding hydrogens is 702 g/mol. The molecule has 0 saturated heterocycles. The zero-order valence-electron chi connectivity index (χ0n) is 30.5. The molecule has 52 heavy (non-hydrogen) atoms. The first kappa shape index (κ1) is 37.9. The molecule has 2 aliphatic carbocycles. The van der Waals surface area contributed by atoms with Gasteiger partial charge in [0.2, 0.25) is 0 Å². The second kappa shape index (κ2) is 15.6. The van der Waals surface area contributed by atoms with E-state index in [0.717, 1.165) is 55.1 Å². The number of rotatable bonds is 12. The number of fused-ring (bicyclic) bond motifs is 3. The smallest absolute Gasteiger partial charge is 0.276 e. The molecule has 11 nitrogen and oxygen atoms in total. The van der Waals surface area contributed by atoms with Crippen molar-refractivity contribution < 1.29 is 28.0 Å². The number of nitrogens with one attached hydrogen (secondary N) is 1. The monoisotopic (exact) mass is 749 g/mol. The Kier molecular flexibility index (Phi) is 11.4. The summed E-state index contributed by atoms with van der Waals surface area (Å²) in [5, 5.41) is 4.98. The second-order valence-corrected chi connectivity index (χ2v) is 16.3. The average molecular weight is 750 g/mol. The van der Waals surface area contributed by atoms with E-state index in [2.05, 4.69) is 38.6 Å². The van der Waals surface area contributed by atoms with E-state index in [9.17, 15) is 13.8 Å². The third kappa shape index (κ3) is 7.90. The van der Waals surface area contributed by atoms with E-state index in [4.69, 9.17) is 25.8 Å². The molecule has 2 amide bonds. The van der Waals surface area contributed by atoms with Crippen LogP contribution in [0.1, 0.15) is 66.7 Å². The van der Waals surface area contributed by atoms with Crippen LogP contribution in [0.2, 0.25) is 5.02 Å². The zero-order chi connectivity index (χ0) is 37.2. The fourth-order valence-electron chi connectivity index (χ4n) is 7.86. The molecule has 5 atom stereocenters. The highest BCUT2D eigenvalue weighted by Gasteiger charge is 2.44. The number of carbonyl (C=O) groups excluding carboxylic acids is 2. The maximum Gasteiger partial charge on any atom is 0.276 e. The third-order valence-electron chi connectivity index (χ3n) is 10.8. The molecular formula is C39H48ClN5O6S. The summed E-state index contributed by atoms with van der Waals surface area (Å²) >= 11 is 6.46. The van der Waals surface area contributed by atoms with Gasteiger partial charge in [0.05, 0.1) is 41.2 Å². The molecule has 3 aromatic rings. The first-order valence-electron chi connectivity index (χ1n) is 17.7. The van der Waals surface area contributed by atoms with Gasteiger partial charge in [0, 0.05) is 43.9 Å². The molecule has 6 rings (SSSR count). The second-order valence-electron chi connectivity index (χ2n) is 14.7. The van der Waals surface area contributed by atoms with Crippen LogP contribution in [0.15, 0.2) is 64.6 Å². The van der Waals surface area contributed by atoms with E-state index in [1.165, 1.54) is 11.1 Å². The van der Waals surface area contributed by atoms with Gasteiger partial charge in [-0.05, 0) is 113 Å². The fourth-order valence-corrected chi connectivity index (χ4v) is 8.86. The lowest BCUT2D eigenvalue weighted by Crippen LogP contribution is -2.49. The Balaban J connectivity index is 1.27. The summed E-state index contributed by atoms with van der Waals surface area (Å²) in [7, 11) is 1.64. The van der Waals surface area contributed by atoms with Gasteiger partial charge in [0.15, 0.2) is 11.0 Å². The summed E-state index contributed by atoms with van der Waals surface area (Å²) in [5.74, 6) is 0.417. The normalized spacial score (nSPS) is 22.5. The molecule has 1 fully saturated rings. The van der Waals surface area contributed by atoms with Crippen LogP contribution < -0.4 is 14.4 Å². The minimum absolute atomic E-state index is 0.141. The molecule has 1 spiro atoms. The molecule has 0 radical (unpaired) electrons. The third-order valence-corrected chi connectivity index (χ3v) is 12.1. The molecule has 1 aliphatic heterocycles. The van der Waals surface area contributed by atoms with Crippen molar-refractivity contribution in [1.29, 1.82) is 0 Å². The Bertz CT molecular complexity index is 1890. The number of amides is 2. The summed E-state index contributed by atoms with van der Waals surface area (Å²) in [5.41, 5.74) is 2.98. The van der Waals surface area contributed by atoms with Crippen LogP contribution in [0.5, 0.6) is 5.75 Å². The fraction of sp³-hybridized carbons (Fsp3) is 0.487. The van der Waals surface area contributed by atoms with Gasteiger partial charge in [0.1, 0.15) is 11.4 Å². The number of benzene rings is 2. The lowest BCUT2D eigenvalue weighted by Gasteiger charge is -2.46. The highest BCUT2D eigenvalue weighted by molar-refractivity contribution is 7.83. The highest BCUT2D eigenvalue weighted by Crippen LogP contribution is 2.47. The Hall–Kier alpha value is -3.84. The summed E-state index contributed by atoms with van der Waals surface area (Å²) < 4.78 is 36.3. The molecule has 2 heterocycles. The predicted molar refractivity (Wildman–Crippen MR) is 203 cm³/mol. The lowest BCUT2D eigenvalue weighted by molar-refractivity contribution is -0.137. The number of aromatic nitrogens is 2. The number of hydrogen-bond donors (Lipinski definition) is 1. The molecule has 1 aromatic heterocycles. The molecule has 1 saturated carbocycles. The van der Waals surface area contributed by atoms with Crippen LogP contribution in [0.25, 0.3) is 0 Å². The maximum absolute atomic E-state index is 13.6. The Morgan fingerprint density at radius 1 is 1.27 bits per heavy atom. The molecule has 278 valence electrons. The van der Waals surface area contributed by atoms with Crippen LogP contribution in [-0.2, 0) is 44.1 Å². The van der Waals surface area contributed by atoms with Gasteiger partial charge in [-0.2, -0.15) is 5.10 Å². The Morgan fingerprint density at radius 2 is 2.08 bits per heavy atom. The largest absolute Gasteiger partial charge is 0.490 e. The van der Waals surface area contributed by atoms with Crippen molar-refractivity contribution in [2.75, 3.05) is 38.3 Å². The Labute approximate surface area is 313 Å². The number of methoxy groups -OCH3 is 1. The van der Waals surface area contributed by atoms with Gasteiger partial charge >= 0.3 is 0 Å². The van der Waals surface area contributed by atoms with E-state index in [0.29, 0.717) is 35.2 Å². The predicted octanol–water partition coefficient (Wildman–Crippen LogP) is 5.93. The molecule has 2 aromatic carbocycles. The van der Waals surface area contributed by atoms with Gasteiger partial charge in [-0.15, -0.1) is 0 Å². The number of ether oxygens (including phenoxy) is 3. The van der Waals surface area contributed by atoms with Crippen LogP contribution in [0, 0.1) is 18.8 Å². The molecule has 13 heteroatoms. The van der Waals surface area contributed by atoms with Crippen molar-refractivity contribution in [2.24, 2.45) is 23.9 Å². The first-order valence-corrected chi connectivity index (χ1v) is 19.2. The summed E-state index contributed by atoms with van der Waals surface area (Å²) in [6, 6.07) is 11.7.